The minimum atomic E-state index is -0.421. The van der Waals surface area contributed by atoms with Gasteiger partial charge >= 0.3 is 0 Å². The highest BCUT2D eigenvalue weighted by Crippen LogP contribution is 2.32. The lowest BCUT2D eigenvalue weighted by atomic mass is 10.1. The fourth-order valence-electron chi connectivity index (χ4n) is 3.45. The molecule has 1 aromatic rings. The van der Waals surface area contributed by atoms with Crippen LogP contribution >= 0.6 is 0 Å². The molecule has 2 heterocycles. The molecule has 0 saturated carbocycles. The number of nitrogens with zero attached hydrogens (tertiary/aromatic N) is 2. The highest BCUT2D eigenvalue weighted by molar-refractivity contribution is 5.85. The van der Waals surface area contributed by atoms with Gasteiger partial charge in [-0.1, -0.05) is 6.07 Å². The Hall–Kier alpha value is -1.42. The maximum Gasteiger partial charge on any atom is 0.155 e. The van der Waals surface area contributed by atoms with Crippen molar-refractivity contribution in [1.29, 1.82) is 0 Å². The van der Waals surface area contributed by atoms with E-state index in [2.05, 4.69) is 16.8 Å². The molecule has 2 atom stereocenters. The molecule has 2 aliphatic heterocycles. The maximum atomic E-state index is 13.7. The first-order valence-electron chi connectivity index (χ1n) is 6.91. The minimum Gasteiger partial charge on any atom is -0.369 e. The molecule has 4 heteroatoms. The van der Waals surface area contributed by atoms with Crippen LogP contribution in [-0.4, -0.2) is 43.4 Å². The number of halogens is 1. The molecule has 2 bridgehead atoms. The fraction of sp³-hybridized carbons (Fsp3) is 0.533. The third-order valence-corrected chi connectivity index (χ3v) is 4.64. The van der Waals surface area contributed by atoms with Crippen molar-refractivity contribution in [3.8, 4) is 0 Å². The van der Waals surface area contributed by atoms with Crippen LogP contribution in [0, 0.1) is 5.82 Å². The molecular weight excluding hydrogens is 243 g/mol. The standard InChI is InChI=1S/C15H19FN2O/c1-17-11-5-6-12(17)9-18(8-7-11)15-4-2-3-14(16)13(15)10-19/h2-4,10-12H,5-9H2,1H3. The average Bonchev–Trinajstić information content (AvgIpc) is 2.63. The molecule has 0 aliphatic carbocycles. The zero-order valence-electron chi connectivity index (χ0n) is 11.2. The Morgan fingerprint density at radius 3 is 2.84 bits per heavy atom. The molecule has 102 valence electrons. The molecule has 2 aliphatic rings. The summed E-state index contributed by atoms with van der Waals surface area (Å²) >= 11 is 0. The minimum absolute atomic E-state index is 0.197. The number of carbonyl (C=O) groups excluding carboxylic acids is 1. The van der Waals surface area contributed by atoms with Crippen LogP contribution in [0.2, 0.25) is 0 Å². The molecule has 2 unspecified atom stereocenters. The van der Waals surface area contributed by atoms with E-state index >= 15 is 0 Å². The molecule has 2 saturated heterocycles. The topological polar surface area (TPSA) is 23.6 Å². The summed E-state index contributed by atoms with van der Waals surface area (Å²) in [6, 6.07) is 6.05. The lowest BCUT2D eigenvalue weighted by Crippen LogP contribution is -2.37. The number of likely N-dealkylation sites (N-methyl/N-ethyl adjacent to an activating group) is 1. The zero-order chi connectivity index (χ0) is 13.4. The van der Waals surface area contributed by atoms with Crippen LogP contribution in [0.4, 0.5) is 10.1 Å². The highest BCUT2D eigenvalue weighted by Gasteiger charge is 2.35. The molecule has 0 spiro atoms. The van der Waals surface area contributed by atoms with Crippen molar-refractivity contribution in [1.82, 2.24) is 4.90 Å². The van der Waals surface area contributed by atoms with Crippen molar-refractivity contribution in [2.45, 2.75) is 31.3 Å². The lowest BCUT2D eigenvalue weighted by molar-refractivity contribution is 0.112. The van der Waals surface area contributed by atoms with Gasteiger partial charge in [-0.05, 0) is 38.4 Å². The first-order valence-corrected chi connectivity index (χ1v) is 6.91. The van der Waals surface area contributed by atoms with E-state index in [0.717, 1.165) is 25.2 Å². The Morgan fingerprint density at radius 1 is 1.26 bits per heavy atom. The number of aldehydes is 1. The second-order valence-electron chi connectivity index (χ2n) is 5.58. The summed E-state index contributed by atoms with van der Waals surface area (Å²) in [6.45, 7) is 1.78. The molecule has 3 nitrogen and oxygen atoms in total. The van der Waals surface area contributed by atoms with Gasteiger partial charge in [-0.25, -0.2) is 4.39 Å². The van der Waals surface area contributed by atoms with Crippen LogP contribution in [0.3, 0.4) is 0 Å². The van der Waals surface area contributed by atoms with Gasteiger partial charge in [0.1, 0.15) is 5.82 Å². The highest BCUT2D eigenvalue weighted by atomic mass is 19.1. The number of benzene rings is 1. The van der Waals surface area contributed by atoms with Crippen molar-refractivity contribution in [2.75, 3.05) is 25.0 Å². The first-order chi connectivity index (χ1) is 9.20. The number of anilines is 1. The van der Waals surface area contributed by atoms with E-state index in [1.54, 1.807) is 6.07 Å². The third-order valence-electron chi connectivity index (χ3n) is 4.64. The van der Waals surface area contributed by atoms with Crippen LogP contribution in [0.25, 0.3) is 0 Å². The van der Waals surface area contributed by atoms with E-state index in [9.17, 15) is 9.18 Å². The summed E-state index contributed by atoms with van der Waals surface area (Å²) < 4.78 is 13.7. The molecule has 0 radical (unpaired) electrons. The molecule has 0 amide bonds. The normalized spacial score (nSPS) is 27.4. The van der Waals surface area contributed by atoms with Crippen molar-refractivity contribution in [2.24, 2.45) is 0 Å². The van der Waals surface area contributed by atoms with E-state index in [-0.39, 0.29) is 5.56 Å². The Balaban J connectivity index is 1.91. The monoisotopic (exact) mass is 262 g/mol. The van der Waals surface area contributed by atoms with Gasteiger partial charge in [0.25, 0.3) is 0 Å². The molecule has 2 fully saturated rings. The van der Waals surface area contributed by atoms with E-state index in [1.165, 1.54) is 18.9 Å². The average molecular weight is 262 g/mol. The third kappa shape index (κ3) is 2.14. The predicted molar refractivity (Wildman–Crippen MR) is 73.2 cm³/mol. The number of hydrogen-bond donors (Lipinski definition) is 0. The fourth-order valence-corrected chi connectivity index (χ4v) is 3.45. The van der Waals surface area contributed by atoms with Gasteiger partial charge in [-0.3, -0.25) is 9.69 Å². The number of carbonyl (C=O) groups is 1. The Labute approximate surface area is 113 Å². The molecule has 1 aromatic carbocycles. The summed E-state index contributed by atoms with van der Waals surface area (Å²) in [5, 5.41) is 0. The maximum absolute atomic E-state index is 13.7. The summed E-state index contributed by atoms with van der Waals surface area (Å²) in [5.41, 5.74) is 0.943. The van der Waals surface area contributed by atoms with Gasteiger partial charge in [0.15, 0.2) is 6.29 Å². The van der Waals surface area contributed by atoms with Gasteiger partial charge in [0.2, 0.25) is 0 Å². The Bertz CT molecular complexity index is 491. The van der Waals surface area contributed by atoms with Crippen molar-refractivity contribution in [3.63, 3.8) is 0 Å². The van der Waals surface area contributed by atoms with E-state index in [1.807, 2.05) is 6.07 Å². The smallest absolute Gasteiger partial charge is 0.155 e. The van der Waals surface area contributed by atoms with Gasteiger partial charge in [0, 0.05) is 25.2 Å². The van der Waals surface area contributed by atoms with Crippen LogP contribution < -0.4 is 4.90 Å². The van der Waals surface area contributed by atoms with Crippen LogP contribution in [0.1, 0.15) is 29.6 Å². The largest absolute Gasteiger partial charge is 0.369 e. The molecule has 0 aromatic heterocycles. The molecule has 19 heavy (non-hydrogen) atoms. The van der Waals surface area contributed by atoms with E-state index < -0.39 is 5.82 Å². The first kappa shape index (κ1) is 12.6. The van der Waals surface area contributed by atoms with Gasteiger partial charge in [0.05, 0.1) is 11.3 Å². The Kier molecular flexibility index (Phi) is 3.27. The second kappa shape index (κ2) is 4.93. The molecular formula is C15H19FN2O. The van der Waals surface area contributed by atoms with Crippen molar-refractivity contribution in [3.05, 3.63) is 29.6 Å². The van der Waals surface area contributed by atoms with E-state index in [0.29, 0.717) is 18.4 Å². The lowest BCUT2D eigenvalue weighted by Gasteiger charge is -2.28. The quantitative estimate of drug-likeness (QED) is 0.764. The van der Waals surface area contributed by atoms with Gasteiger partial charge < -0.3 is 4.90 Å². The summed E-state index contributed by atoms with van der Waals surface area (Å²) in [7, 11) is 2.18. The number of rotatable bonds is 2. The number of fused-ring (bicyclic) bond motifs is 2. The predicted octanol–water partition coefficient (Wildman–Crippen LogP) is 2.31. The summed E-state index contributed by atoms with van der Waals surface area (Å²) in [6.07, 6.45) is 4.18. The second-order valence-corrected chi connectivity index (χ2v) is 5.58. The molecule has 3 rings (SSSR count). The summed E-state index contributed by atoms with van der Waals surface area (Å²) in [4.78, 5) is 15.7. The summed E-state index contributed by atoms with van der Waals surface area (Å²) in [5.74, 6) is -0.421. The SMILES string of the molecule is CN1C2CCC1CN(c1cccc(F)c1C=O)CC2. The van der Waals surface area contributed by atoms with Crippen LogP contribution in [0.15, 0.2) is 18.2 Å². The van der Waals surface area contributed by atoms with Crippen LogP contribution in [-0.2, 0) is 0 Å². The number of hydrogen-bond acceptors (Lipinski definition) is 3. The van der Waals surface area contributed by atoms with Crippen LogP contribution in [0.5, 0.6) is 0 Å². The zero-order valence-corrected chi connectivity index (χ0v) is 11.2. The van der Waals surface area contributed by atoms with Gasteiger partial charge in [-0.2, -0.15) is 0 Å². The van der Waals surface area contributed by atoms with Crippen molar-refractivity contribution >= 4 is 12.0 Å². The van der Waals surface area contributed by atoms with Gasteiger partial charge in [-0.15, -0.1) is 0 Å². The van der Waals surface area contributed by atoms with E-state index in [4.69, 9.17) is 0 Å². The van der Waals surface area contributed by atoms with Crippen molar-refractivity contribution < 1.29 is 9.18 Å². The Morgan fingerprint density at radius 2 is 2.05 bits per heavy atom. The molecule has 0 N–H and O–H groups in total.